The molecule has 0 bridgehead atoms. The number of carbonyl (C=O) groups excluding carboxylic acids is 1. The highest BCUT2D eigenvalue weighted by atomic mass is 32.2. The zero-order valence-electron chi connectivity index (χ0n) is 15.4. The van der Waals surface area contributed by atoms with E-state index in [0.29, 0.717) is 0 Å². The largest absolute Gasteiger partial charge is 0.481 e. The minimum Gasteiger partial charge on any atom is -0.481 e. The van der Waals surface area contributed by atoms with Gasteiger partial charge in [-0.3, -0.25) is 5.32 Å². The Morgan fingerprint density at radius 3 is 2.26 bits per heavy atom. The summed E-state index contributed by atoms with van der Waals surface area (Å²) in [5.74, 6) is -0.639. The summed E-state index contributed by atoms with van der Waals surface area (Å²) in [6.07, 6.45) is -8.37. The van der Waals surface area contributed by atoms with Gasteiger partial charge in [-0.05, 0) is 0 Å². The first-order valence-corrected chi connectivity index (χ1v) is 9.90. The molecule has 0 aliphatic carbocycles. The van der Waals surface area contributed by atoms with E-state index in [0.717, 1.165) is 0 Å². The van der Waals surface area contributed by atoms with Crippen LogP contribution in [0.4, 0.5) is 32.7 Å². The summed E-state index contributed by atoms with van der Waals surface area (Å²) in [7, 11) is -2.69. The summed E-state index contributed by atoms with van der Waals surface area (Å²) in [5, 5.41) is 0.820. The van der Waals surface area contributed by atoms with Crippen molar-refractivity contribution in [1.29, 1.82) is 0 Å². The van der Waals surface area contributed by atoms with Crippen LogP contribution in [0.2, 0.25) is 0 Å². The maximum Gasteiger partial charge on any atom is 0.422 e. The van der Waals surface area contributed by atoms with E-state index >= 15 is 0 Å². The standard InChI is InChI=1S/C13H12F5N5O6S2/c1-27-5-3-6(28-2)20-11(19-5)21-12(24)23-31(25,26)8-7(9(14)15)22-30-10(8)29-4-13(16,17)18/h3,9H,4H2,1-2H3,(H2,19,20,21,23,24). The summed E-state index contributed by atoms with van der Waals surface area (Å²) in [5.41, 5.74) is -1.39. The summed E-state index contributed by atoms with van der Waals surface area (Å²) < 4.78 is 107. The van der Waals surface area contributed by atoms with Crippen molar-refractivity contribution in [3.63, 3.8) is 0 Å². The van der Waals surface area contributed by atoms with Crippen LogP contribution >= 0.6 is 11.5 Å². The van der Waals surface area contributed by atoms with Gasteiger partial charge in [-0.2, -0.15) is 27.5 Å². The lowest BCUT2D eigenvalue weighted by molar-refractivity contribution is -0.153. The molecule has 0 atom stereocenters. The third-order valence-corrected chi connectivity index (χ3v) is 5.33. The number of sulfonamides is 1. The molecule has 2 heterocycles. The minimum atomic E-state index is -5.15. The van der Waals surface area contributed by atoms with Crippen LogP contribution in [0, 0.1) is 0 Å². The first-order chi connectivity index (χ1) is 14.4. The molecule has 172 valence electrons. The Labute approximate surface area is 174 Å². The van der Waals surface area contributed by atoms with E-state index in [4.69, 9.17) is 9.47 Å². The Morgan fingerprint density at radius 2 is 1.77 bits per heavy atom. The molecule has 0 saturated carbocycles. The van der Waals surface area contributed by atoms with Crippen molar-refractivity contribution in [2.75, 3.05) is 26.1 Å². The Balaban J connectivity index is 2.29. The van der Waals surface area contributed by atoms with Crippen molar-refractivity contribution in [3.05, 3.63) is 11.8 Å². The van der Waals surface area contributed by atoms with E-state index in [1.165, 1.54) is 25.0 Å². The van der Waals surface area contributed by atoms with Crippen molar-refractivity contribution in [1.82, 2.24) is 19.1 Å². The van der Waals surface area contributed by atoms with Crippen molar-refractivity contribution in [2.45, 2.75) is 17.5 Å². The highest BCUT2D eigenvalue weighted by Gasteiger charge is 2.36. The summed E-state index contributed by atoms with van der Waals surface area (Å²) in [4.78, 5) is 18.0. The quantitative estimate of drug-likeness (QED) is 0.530. The second-order valence-corrected chi connectivity index (χ2v) is 7.58. The molecule has 0 aliphatic heterocycles. The van der Waals surface area contributed by atoms with E-state index in [-0.39, 0.29) is 23.3 Å². The highest BCUT2D eigenvalue weighted by Crippen LogP contribution is 2.37. The van der Waals surface area contributed by atoms with Gasteiger partial charge < -0.3 is 14.2 Å². The maximum atomic E-state index is 13.1. The molecule has 2 N–H and O–H groups in total. The van der Waals surface area contributed by atoms with E-state index in [2.05, 4.69) is 19.1 Å². The number of nitrogens with zero attached hydrogens (tertiary/aromatic N) is 3. The summed E-state index contributed by atoms with van der Waals surface area (Å²) in [6.45, 7) is -1.97. The van der Waals surface area contributed by atoms with E-state index in [1.807, 2.05) is 5.32 Å². The number of amides is 2. The Bertz CT molecular complexity index is 1020. The number of aromatic nitrogens is 3. The van der Waals surface area contributed by atoms with Crippen LogP contribution in [0.3, 0.4) is 0 Å². The van der Waals surface area contributed by atoms with Crippen LogP contribution in [0.15, 0.2) is 11.0 Å². The number of hydrogen-bond acceptors (Lipinski definition) is 10. The van der Waals surface area contributed by atoms with Gasteiger partial charge in [-0.15, -0.1) is 0 Å². The molecule has 0 aliphatic rings. The molecule has 0 saturated heterocycles. The lowest BCUT2D eigenvalue weighted by atomic mass is 10.4. The number of nitrogens with one attached hydrogen (secondary N) is 2. The molecule has 11 nitrogen and oxygen atoms in total. The number of carbonyl (C=O) groups is 1. The predicted octanol–water partition coefficient (Wildman–Crippen LogP) is 2.34. The Hall–Kier alpha value is -3.02. The van der Waals surface area contributed by atoms with Gasteiger partial charge >= 0.3 is 12.2 Å². The molecule has 0 aromatic carbocycles. The van der Waals surface area contributed by atoms with Crippen LogP contribution < -0.4 is 24.2 Å². The number of ether oxygens (including phenoxy) is 3. The Kier molecular flexibility index (Phi) is 7.37. The molecule has 2 rings (SSSR count). The number of rotatable bonds is 8. The van der Waals surface area contributed by atoms with E-state index in [9.17, 15) is 35.2 Å². The molecule has 31 heavy (non-hydrogen) atoms. The molecule has 0 radical (unpaired) electrons. The predicted molar refractivity (Wildman–Crippen MR) is 93.1 cm³/mol. The number of hydrogen-bond donors (Lipinski definition) is 2. The monoisotopic (exact) mass is 493 g/mol. The molecule has 2 aromatic heterocycles. The fourth-order valence-electron chi connectivity index (χ4n) is 1.87. The summed E-state index contributed by atoms with van der Waals surface area (Å²) >= 11 is -0.0479. The molecular formula is C13H12F5N5O6S2. The fourth-order valence-corrected chi connectivity index (χ4v) is 4.11. The third-order valence-electron chi connectivity index (χ3n) is 3.04. The molecule has 18 heteroatoms. The topological polar surface area (TPSA) is 142 Å². The molecule has 2 amide bonds. The number of urea groups is 1. The first-order valence-electron chi connectivity index (χ1n) is 7.64. The number of alkyl halides is 5. The van der Waals surface area contributed by atoms with Gasteiger partial charge in [0.05, 0.1) is 20.3 Å². The van der Waals surface area contributed by atoms with Gasteiger partial charge in [-0.1, -0.05) is 0 Å². The number of halogens is 5. The molecule has 0 spiro atoms. The third kappa shape index (κ3) is 6.48. The number of methoxy groups -OCH3 is 2. The van der Waals surface area contributed by atoms with E-state index < -0.39 is 56.9 Å². The lowest BCUT2D eigenvalue weighted by Crippen LogP contribution is -2.35. The average molecular weight is 493 g/mol. The Morgan fingerprint density at radius 1 is 1.19 bits per heavy atom. The van der Waals surface area contributed by atoms with Gasteiger partial charge in [0.25, 0.3) is 16.4 Å². The average Bonchev–Trinajstić information content (AvgIpc) is 3.10. The van der Waals surface area contributed by atoms with Crippen LogP contribution in [-0.2, 0) is 10.0 Å². The fraction of sp³-hybridized carbons (Fsp3) is 0.385. The number of anilines is 1. The molecule has 0 unspecified atom stereocenters. The van der Waals surface area contributed by atoms with Gasteiger partial charge in [-0.25, -0.2) is 26.7 Å². The normalized spacial score (nSPS) is 11.9. The highest BCUT2D eigenvalue weighted by molar-refractivity contribution is 7.90. The van der Waals surface area contributed by atoms with Crippen LogP contribution in [0.1, 0.15) is 12.1 Å². The van der Waals surface area contributed by atoms with Crippen molar-refractivity contribution < 1.29 is 49.4 Å². The summed E-state index contributed by atoms with van der Waals surface area (Å²) in [6, 6.07) is -0.292. The van der Waals surface area contributed by atoms with Crippen LogP contribution in [-0.4, -0.2) is 55.8 Å². The second kappa shape index (κ2) is 9.41. The van der Waals surface area contributed by atoms with Gasteiger partial charge in [0.2, 0.25) is 22.8 Å². The van der Waals surface area contributed by atoms with Crippen molar-refractivity contribution >= 4 is 33.5 Å². The molecular weight excluding hydrogens is 481 g/mol. The van der Waals surface area contributed by atoms with Crippen LogP contribution in [0.5, 0.6) is 16.8 Å². The second-order valence-electron chi connectivity index (χ2n) is 5.22. The van der Waals surface area contributed by atoms with Gasteiger partial charge in [0.15, 0.2) is 11.5 Å². The van der Waals surface area contributed by atoms with E-state index in [1.54, 1.807) is 0 Å². The van der Waals surface area contributed by atoms with Gasteiger partial charge in [0, 0.05) is 11.5 Å². The van der Waals surface area contributed by atoms with Crippen molar-refractivity contribution in [2.24, 2.45) is 0 Å². The lowest BCUT2D eigenvalue weighted by Gasteiger charge is -2.12. The SMILES string of the molecule is COc1cc(OC)nc(NC(=O)NS(=O)(=O)c2c(C(F)F)nsc2OCC(F)(F)F)n1. The zero-order valence-corrected chi connectivity index (χ0v) is 17.0. The van der Waals surface area contributed by atoms with Gasteiger partial charge in [0.1, 0.15) is 5.69 Å². The minimum absolute atomic E-state index is 0.0479. The zero-order chi connectivity index (χ0) is 23.4. The first kappa shape index (κ1) is 24.3. The smallest absolute Gasteiger partial charge is 0.422 e. The van der Waals surface area contributed by atoms with Crippen molar-refractivity contribution in [3.8, 4) is 16.8 Å². The molecule has 0 fully saturated rings. The molecule has 2 aromatic rings. The maximum absolute atomic E-state index is 13.1. The van der Waals surface area contributed by atoms with Crippen LogP contribution in [0.25, 0.3) is 0 Å².